The number of rotatable bonds is 7. The van der Waals surface area contributed by atoms with E-state index in [4.69, 9.17) is 11.6 Å². The van der Waals surface area contributed by atoms with Gasteiger partial charge in [-0.15, -0.1) is 0 Å². The molecular formula is C28H39ClN6O2. The highest BCUT2D eigenvalue weighted by Crippen LogP contribution is 2.43. The number of hydrogen-bond acceptors (Lipinski definition) is 8. The Kier molecular flexibility index (Phi) is 8.12. The number of hydrogen-bond donors (Lipinski definition) is 1. The Bertz CT molecular complexity index is 1070. The molecule has 4 atom stereocenters. The minimum absolute atomic E-state index is 0.000739. The summed E-state index contributed by atoms with van der Waals surface area (Å²) in [6, 6.07) is 8.33. The first-order valence-corrected chi connectivity index (χ1v) is 13.9. The van der Waals surface area contributed by atoms with Crippen molar-refractivity contribution in [2.45, 2.75) is 56.3 Å². The molecule has 9 heteroatoms. The highest BCUT2D eigenvalue weighted by Gasteiger charge is 2.39. The second-order valence-corrected chi connectivity index (χ2v) is 11.5. The van der Waals surface area contributed by atoms with E-state index in [1.807, 2.05) is 24.3 Å². The Morgan fingerprint density at radius 2 is 1.68 bits per heavy atom. The van der Waals surface area contributed by atoms with Gasteiger partial charge in [-0.3, -0.25) is 9.80 Å². The normalized spacial score (nSPS) is 25.3. The van der Waals surface area contributed by atoms with E-state index in [0.717, 1.165) is 81.0 Å². The first kappa shape index (κ1) is 26.5. The van der Waals surface area contributed by atoms with E-state index in [2.05, 4.69) is 50.6 Å². The van der Waals surface area contributed by atoms with Gasteiger partial charge < -0.3 is 19.7 Å². The minimum atomic E-state index is -0.504. The number of carbonyl (C=O) groups is 1. The smallest absolute Gasteiger partial charge is 0.135 e. The third kappa shape index (κ3) is 5.40. The number of piperidine rings is 1. The van der Waals surface area contributed by atoms with E-state index >= 15 is 0 Å². The maximum Gasteiger partial charge on any atom is 0.135 e. The fraction of sp³-hybridized carbons (Fsp3) is 0.607. The van der Waals surface area contributed by atoms with Crippen molar-refractivity contribution >= 4 is 23.7 Å². The predicted molar refractivity (Wildman–Crippen MR) is 146 cm³/mol. The van der Waals surface area contributed by atoms with Gasteiger partial charge in [0.05, 0.1) is 23.9 Å². The summed E-state index contributed by atoms with van der Waals surface area (Å²) < 4.78 is 0. The molecule has 3 aliphatic rings. The van der Waals surface area contributed by atoms with Crippen molar-refractivity contribution in [1.82, 2.24) is 24.7 Å². The van der Waals surface area contributed by atoms with Crippen LogP contribution in [-0.2, 0) is 4.79 Å². The highest BCUT2D eigenvalue weighted by molar-refractivity contribution is 6.30. The number of halogens is 1. The van der Waals surface area contributed by atoms with Gasteiger partial charge in [0.2, 0.25) is 0 Å². The molecule has 2 aromatic rings. The van der Waals surface area contributed by atoms with Crippen LogP contribution in [0.3, 0.4) is 0 Å². The van der Waals surface area contributed by atoms with Crippen molar-refractivity contribution < 1.29 is 9.90 Å². The van der Waals surface area contributed by atoms with Crippen molar-refractivity contribution in [2.24, 2.45) is 0 Å². The predicted octanol–water partition coefficient (Wildman–Crippen LogP) is 3.13. The van der Waals surface area contributed by atoms with Crippen LogP contribution < -0.4 is 4.90 Å². The van der Waals surface area contributed by atoms with Gasteiger partial charge in [0.1, 0.15) is 18.4 Å². The van der Waals surface area contributed by atoms with Crippen molar-refractivity contribution in [3.63, 3.8) is 0 Å². The molecule has 3 heterocycles. The zero-order valence-electron chi connectivity index (χ0n) is 22.1. The lowest BCUT2D eigenvalue weighted by atomic mass is 9.92. The van der Waals surface area contributed by atoms with Crippen LogP contribution in [0.1, 0.15) is 60.9 Å². The summed E-state index contributed by atoms with van der Waals surface area (Å²) in [5, 5.41) is 11.1. The molecule has 37 heavy (non-hydrogen) atoms. The summed E-state index contributed by atoms with van der Waals surface area (Å²) in [5.41, 5.74) is 2.89. The van der Waals surface area contributed by atoms with Crippen molar-refractivity contribution in [3.05, 3.63) is 52.4 Å². The number of aldehydes is 1. The van der Waals surface area contributed by atoms with Crippen LogP contribution in [0.15, 0.2) is 30.6 Å². The topological polar surface area (TPSA) is 76.0 Å². The Hall–Kier alpha value is -2.10. The summed E-state index contributed by atoms with van der Waals surface area (Å²) in [6.45, 7) is 7.41. The zero-order chi connectivity index (χ0) is 26.1. The molecule has 8 nitrogen and oxygen atoms in total. The Morgan fingerprint density at radius 1 is 1.03 bits per heavy atom. The summed E-state index contributed by atoms with van der Waals surface area (Å²) in [4.78, 5) is 31.3. The molecular weight excluding hydrogens is 488 g/mol. The number of carbonyl (C=O) groups excluding carboxylic acids is 1. The second-order valence-electron chi connectivity index (χ2n) is 11.0. The molecule has 2 saturated heterocycles. The standard InChI is InChI=1S/C28H39ClN6O2/c1-19-16-24(37)26-25(19)27(31-18-30-26)33-12-14-35(15-13-33)28(34-10-8-22(9-11-34)32(2)3)23(17-36)20-4-6-21(29)7-5-20/h4-7,17-19,22-24,28,37H,8-16H2,1-3H3/t19-,23?,24-,28?/m1/s1. The maximum absolute atomic E-state index is 12.6. The number of aliphatic hydroxyl groups is 1. The summed E-state index contributed by atoms with van der Waals surface area (Å²) in [7, 11) is 4.31. The Morgan fingerprint density at radius 3 is 2.30 bits per heavy atom. The van der Waals surface area contributed by atoms with Crippen molar-refractivity contribution in [3.8, 4) is 0 Å². The molecule has 0 amide bonds. The van der Waals surface area contributed by atoms with Crippen molar-refractivity contribution in [2.75, 3.05) is 58.3 Å². The number of aliphatic hydroxyl groups excluding tert-OH is 1. The van der Waals surface area contributed by atoms with E-state index in [9.17, 15) is 9.90 Å². The van der Waals surface area contributed by atoms with Crippen LogP contribution in [0, 0.1) is 0 Å². The number of piperazine rings is 1. The number of benzene rings is 1. The Labute approximate surface area is 225 Å². The monoisotopic (exact) mass is 526 g/mol. The molecule has 0 bridgehead atoms. The fourth-order valence-electron chi connectivity index (χ4n) is 6.51. The number of aromatic nitrogens is 2. The van der Waals surface area contributed by atoms with Gasteiger partial charge in [0, 0.05) is 55.9 Å². The van der Waals surface area contributed by atoms with Crippen molar-refractivity contribution in [1.29, 1.82) is 0 Å². The van der Waals surface area contributed by atoms with E-state index in [1.165, 1.54) is 0 Å². The van der Waals surface area contributed by atoms with Crippen LogP contribution in [0.25, 0.3) is 0 Å². The molecule has 1 aromatic carbocycles. The van der Waals surface area contributed by atoms with E-state index < -0.39 is 6.10 Å². The molecule has 0 radical (unpaired) electrons. The molecule has 5 rings (SSSR count). The SMILES string of the molecule is C[C@@H]1C[C@@H](O)c2ncnc(N3CCN(C(C(C=O)c4ccc(Cl)cc4)N4CCC(N(C)C)CC4)CC3)c21. The van der Waals surface area contributed by atoms with Crippen LogP contribution in [0.5, 0.6) is 0 Å². The summed E-state index contributed by atoms with van der Waals surface area (Å²) in [5.74, 6) is 0.953. The fourth-order valence-corrected chi connectivity index (χ4v) is 6.64. The largest absolute Gasteiger partial charge is 0.387 e. The number of fused-ring (bicyclic) bond motifs is 1. The minimum Gasteiger partial charge on any atom is -0.387 e. The highest BCUT2D eigenvalue weighted by atomic mass is 35.5. The molecule has 2 aliphatic heterocycles. The molecule has 2 fully saturated rings. The van der Waals surface area contributed by atoms with E-state index in [1.54, 1.807) is 6.33 Å². The average Bonchev–Trinajstić information content (AvgIpc) is 3.21. The van der Waals surface area contributed by atoms with Crippen LogP contribution in [-0.4, -0.2) is 102 Å². The van der Waals surface area contributed by atoms with Gasteiger partial charge in [-0.1, -0.05) is 30.7 Å². The van der Waals surface area contributed by atoms with Gasteiger partial charge >= 0.3 is 0 Å². The first-order chi connectivity index (χ1) is 17.9. The first-order valence-electron chi connectivity index (χ1n) is 13.5. The molecule has 2 unspecified atom stereocenters. The van der Waals surface area contributed by atoms with Gasteiger partial charge in [-0.25, -0.2) is 9.97 Å². The van der Waals surface area contributed by atoms with Gasteiger partial charge in [-0.2, -0.15) is 0 Å². The number of nitrogens with zero attached hydrogens (tertiary/aromatic N) is 6. The lowest BCUT2D eigenvalue weighted by Gasteiger charge is -2.48. The lowest BCUT2D eigenvalue weighted by Crippen LogP contribution is -2.60. The van der Waals surface area contributed by atoms with Gasteiger partial charge in [0.15, 0.2) is 0 Å². The summed E-state index contributed by atoms with van der Waals surface area (Å²) in [6.07, 6.45) is 5.11. The molecule has 1 aromatic heterocycles. The maximum atomic E-state index is 12.6. The molecule has 1 N–H and O–H groups in total. The quantitative estimate of drug-likeness (QED) is 0.551. The van der Waals surface area contributed by atoms with E-state index in [0.29, 0.717) is 17.5 Å². The van der Waals surface area contributed by atoms with Crippen LogP contribution in [0.4, 0.5) is 5.82 Å². The van der Waals surface area contributed by atoms with Gasteiger partial charge in [0.25, 0.3) is 0 Å². The number of likely N-dealkylation sites (tertiary alicyclic amines) is 1. The third-order valence-corrected chi connectivity index (χ3v) is 8.85. The summed E-state index contributed by atoms with van der Waals surface area (Å²) >= 11 is 6.17. The third-order valence-electron chi connectivity index (χ3n) is 8.59. The second kappa shape index (κ2) is 11.3. The van der Waals surface area contributed by atoms with E-state index in [-0.39, 0.29) is 18.0 Å². The zero-order valence-corrected chi connectivity index (χ0v) is 22.9. The molecule has 1 aliphatic carbocycles. The average molecular weight is 527 g/mol. The molecule has 0 spiro atoms. The van der Waals surface area contributed by atoms with Gasteiger partial charge in [-0.05, 0) is 57.0 Å². The molecule has 200 valence electrons. The Balaban J connectivity index is 1.37. The van der Waals surface area contributed by atoms with Crippen LogP contribution >= 0.6 is 11.6 Å². The molecule has 0 saturated carbocycles. The van der Waals surface area contributed by atoms with Crippen LogP contribution in [0.2, 0.25) is 5.02 Å². The lowest BCUT2D eigenvalue weighted by molar-refractivity contribution is -0.113. The number of anilines is 1.